The SMILES string of the molecule is C#CCN(Cc1ccccn1)C(=O)c1ccc(C2=NOC(c3cc(Cl)cc(Cl)c3)(C(F)(F)F)C2)cc1C. The number of oxime groups is 1. The number of rotatable bonds is 6. The Morgan fingerprint density at radius 1 is 1.16 bits per heavy atom. The van der Waals surface area contributed by atoms with E-state index in [4.69, 9.17) is 34.5 Å². The van der Waals surface area contributed by atoms with Gasteiger partial charge in [-0.15, -0.1) is 6.42 Å². The van der Waals surface area contributed by atoms with Crippen molar-refractivity contribution in [3.63, 3.8) is 0 Å². The largest absolute Gasteiger partial charge is 0.435 e. The van der Waals surface area contributed by atoms with E-state index in [0.29, 0.717) is 22.4 Å². The van der Waals surface area contributed by atoms with E-state index in [-0.39, 0.29) is 40.3 Å². The third-order valence-corrected chi connectivity index (χ3v) is 6.39. The standard InChI is InChI=1S/C27H20Cl2F3N3O2/c1-3-10-35(16-22-6-4-5-9-33-22)25(36)23-8-7-18(11-17(23)2)24-15-26(37-34-24,27(30,31)32)19-12-20(28)14-21(29)13-19/h1,4-9,11-14H,10,15-16H2,2H3. The van der Waals surface area contributed by atoms with Crippen LogP contribution >= 0.6 is 23.2 Å². The Morgan fingerprint density at radius 3 is 2.49 bits per heavy atom. The van der Waals surface area contributed by atoms with Gasteiger partial charge in [-0.2, -0.15) is 13.2 Å². The number of amides is 1. The number of alkyl halides is 3. The highest BCUT2D eigenvalue weighted by molar-refractivity contribution is 6.34. The Hall–Kier alpha value is -3.54. The third-order valence-electron chi connectivity index (χ3n) is 5.95. The van der Waals surface area contributed by atoms with Crippen molar-refractivity contribution in [3.05, 3.63) is 98.8 Å². The Kier molecular flexibility index (Phi) is 7.49. The molecule has 0 saturated carbocycles. The summed E-state index contributed by atoms with van der Waals surface area (Å²) in [6.07, 6.45) is 1.69. The molecule has 1 aromatic heterocycles. The number of nitrogens with zero attached hydrogens (tertiary/aromatic N) is 3. The first-order valence-electron chi connectivity index (χ1n) is 11.1. The molecule has 0 fully saturated rings. The molecule has 0 N–H and O–H groups in total. The monoisotopic (exact) mass is 545 g/mol. The van der Waals surface area contributed by atoms with E-state index in [9.17, 15) is 18.0 Å². The van der Waals surface area contributed by atoms with Crippen LogP contribution in [0.25, 0.3) is 0 Å². The maximum atomic E-state index is 14.3. The Bertz CT molecular complexity index is 1380. The summed E-state index contributed by atoms with van der Waals surface area (Å²) in [4.78, 5) is 24.0. The van der Waals surface area contributed by atoms with Crippen molar-refractivity contribution < 1.29 is 22.8 Å². The van der Waals surface area contributed by atoms with Crippen LogP contribution in [0.4, 0.5) is 13.2 Å². The summed E-state index contributed by atoms with van der Waals surface area (Å²) < 4.78 is 42.9. The summed E-state index contributed by atoms with van der Waals surface area (Å²) in [6, 6.07) is 13.7. The maximum Gasteiger partial charge on any atom is 0.435 e. The van der Waals surface area contributed by atoms with E-state index in [2.05, 4.69) is 16.1 Å². The van der Waals surface area contributed by atoms with Crippen molar-refractivity contribution in [2.45, 2.75) is 31.7 Å². The van der Waals surface area contributed by atoms with Crippen LogP contribution < -0.4 is 0 Å². The van der Waals surface area contributed by atoms with Crippen LogP contribution in [0.2, 0.25) is 10.0 Å². The van der Waals surface area contributed by atoms with Gasteiger partial charge in [0.25, 0.3) is 11.5 Å². The fourth-order valence-corrected chi connectivity index (χ4v) is 4.62. The summed E-state index contributed by atoms with van der Waals surface area (Å²) in [5.74, 6) is 2.15. The Balaban J connectivity index is 1.61. The number of aryl methyl sites for hydroxylation is 1. The van der Waals surface area contributed by atoms with Crippen LogP contribution in [0.3, 0.4) is 0 Å². The fourth-order valence-electron chi connectivity index (χ4n) is 4.10. The molecule has 1 atom stereocenters. The summed E-state index contributed by atoms with van der Waals surface area (Å²) >= 11 is 11.9. The predicted octanol–water partition coefficient (Wildman–Crippen LogP) is 6.55. The average molecular weight is 546 g/mol. The molecule has 5 nitrogen and oxygen atoms in total. The van der Waals surface area contributed by atoms with Gasteiger partial charge in [-0.05, 0) is 60.5 Å². The van der Waals surface area contributed by atoms with Gasteiger partial charge >= 0.3 is 6.18 Å². The average Bonchev–Trinajstić information content (AvgIpc) is 3.31. The van der Waals surface area contributed by atoms with E-state index >= 15 is 0 Å². The second-order valence-electron chi connectivity index (χ2n) is 8.51. The van der Waals surface area contributed by atoms with Gasteiger partial charge in [0.05, 0.1) is 24.5 Å². The van der Waals surface area contributed by atoms with Gasteiger partial charge in [0.15, 0.2) is 0 Å². The molecule has 1 aliphatic rings. The zero-order valence-electron chi connectivity index (χ0n) is 19.5. The van der Waals surface area contributed by atoms with E-state index in [1.807, 2.05) is 6.07 Å². The molecule has 1 aliphatic heterocycles. The maximum absolute atomic E-state index is 14.3. The van der Waals surface area contributed by atoms with Crippen LogP contribution in [0.15, 0.2) is 65.9 Å². The number of hydrogen-bond acceptors (Lipinski definition) is 4. The van der Waals surface area contributed by atoms with Gasteiger partial charge in [0, 0.05) is 33.8 Å². The number of aromatic nitrogens is 1. The minimum absolute atomic E-state index is 0.0455. The van der Waals surface area contributed by atoms with Gasteiger partial charge in [-0.1, -0.05) is 46.4 Å². The first kappa shape index (κ1) is 26.5. The van der Waals surface area contributed by atoms with Gasteiger partial charge in [-0.25, -0.2) is 0 Å². The summed E-state index contributed by atoms with van der Waals surface area (Å²) in [5, 5.41) is 3.87. The van der Waals surface area contributed by atoms with Crippen molar-refractivity contribution in [2.24, 2.45) is 5.16 Å². The number of pyridine rings is 1. The fraction of sp³-hybridized carbons (Fsp3) is 0.222. The first-order chi connectivity index (χ1) is 17.5. The van der Waals surface area contributed by atoms with Crippen LogP contribution in [-0.2, 0) is 17.0 Å². The molecule has 0 saturated heterocycles. The molecule has 2 heterocycles. The summed E-state index contributed by atoms with van der Waals surface area (Å²) in [5.41, 5.74) is -0.958. The molecular weight excluding hydrogens is 526 g/mol. The lowest BCUT2D eigenvalue weighted by Gasteiger charge is -2.29. The second kappa shape index (κ2) is 10.4. The van der Waals surface area contributed by atoms with Gasteiger partial charge in [-0.3, -0.25) is 9.78 Å². The van der Waals surface area contributed by atoms with Crippen LogP contribution in [0.1, 0.15) is 39.2 Å². The highest BCUT2D eigenvalue weighted by Crippen LogP contribution is 2.49. The van der Waals surface area contributed by atoms with Crippen LogP contribution in [-0.4, -0.2) is 34.2 Å². The van der Waals surface area contributed by atoms with Crippen molar-refractivity contribution >= 4 is 34.8 Å². The minimum Gasteiger partial charge on any atom is -0.374 e. The smallest absolute Gasteiger partial charge is 0.374 e. The van der Waals surface area contributed by atoms with Gasteiger partial charge < -0.3 is 9.74 Å². The lowest BCUT2D eigenvalue weighted by atomic mass is 9.86. The molecule has 3 aromatic rings. The minimum atomic E-state index is -4.81. The molecule has 2 aromatic carbocycles. The summed E-state index contributed by atoms with van der Waals surface area (Å²) in [7, 11) is 0. The van der Waals surface area contributed by atoms with Crippen LogP contribution in [0, 0.1) is 19.3 Å². The quantitative estimate of drug-likeness (QED) is 0.330. The van der Waals surface area contributed by atoms with E-state index in [0.717, 1.165) is 12.1 Å². The zero-order valence-corrected chi connectivity index (χ0v) is 21.0. The van der Waals surface area contributed by atoms with Gasteiger partial charge in [0.2, 0.25) is 0 Å². The third kappa shape index (κ3) is 5.43. The molecule has 0 spiro atoms. The van der Waals surface area contributed by atoms with Crippen molar-refractivity contribution in [2.75, 3.05) is 6.54 Å². The number of hydrogen-bond donors (Lipinski definition) is 0. The molecule has 0 bridgehead atoms. The highest BCUT2D eigenvalue weighted by Gasteiger charge is 2.62. The van der Waals surface area contributed by atoms with Crippen molar-refractivity contribution in [3.8, 4) is 12.3 Å². The number of halogens is 5. The van der Waals surface area contributed by atoms with Crippen LogP contribution in [0.5, 0.6) is 0 Å². The number of carbonyl (C=O) groups is 1. The molecule has 37 heavy (non-hydrogen) atoms. The second-order valence-corrected chi connectivity index (χ2v) is 9.38. The number of benzene rings is 2. The summed E-state index contributed by atoms with van der Waals surface area (Å²) in [6.45, 7) is 1.96. The van der Waals surface area contributed by atoms with Crippen molar-refractivity contribution in [1.82, 2.24) is 9.88 Å². The number of carbonyl (C=O) groups excluding carboxylic acids is 1. The first-order valence-corrected chi connectivity index (χ1v) is 11.8. The molecule has 0 aliphatic carbocycles. The van der Waals surface area contributed by atoms with E-state index in [1.54, 1.807) is 37.4 Å². The lowest BCUT2D eigenvalue weighted by molar-refractivity contribution is -0.275. The highest BCUT2D eigenvalue weighted by atomic mass is 35.5. The van der Waals surface area contributed by atoms with E-state index < -0.39 is 18.2 Å². The zero-order chi connectivity index (χ0) is 26.8. The Labute approximate surface area is 221 Å². The lowest BCUT2D eigenvalue weighted by Crippen LogP contribution is -2.42. The normalized spacial score (nSPS) is 17.1. The molecule has 1 unspecified atom stereocenters. The molecule has 0 radical (unpaired) electrons. The molecule has 4 rings (SSSR count). The molecule has 190 valence electrons. The predicted molar refractivity (Wildman–Crippen MR) is 135 cm³/mol. The Morgan fingerprint density at radius 2 is 1.89 bits per heavy atom. The molecule has 10 heteroatoms. The number of terminal acetylenes is 1. The topological polar surface area (TPSA) is 54.8 Å². The van der Waals surface area contributed by atoms with Crippen molar-refractivity contribution in [1.29, 1.82) is 0 Å². The molecule has 1 amide bonds. The van der Waals surface area contributed by atoms with Gasteiger partial charge in [0.1, 0.15) is 0 Å². The molecular formula is C27H20Cl2F3N3O2. The van der Waals surface area contributed by atoms with E-state index in [1.165, 1.54) is 17.0 Å².